The summed E-state index contributed by atoms with van der Waals surface area (Å²) in [5.74, 6) is 0.149. The number of hydrogen-bond donors (Lipinski definition) is 1. The van der Waals surface area contributed by atoms with Gasteiger partial charge in [-0.05, 0) is 18.2 Å². The van der Waals surface area contributed by atoms with Crippen LogP contribution in [0.3, 0.4) is 0 Å². The van der Waals surface area contributed by atoms with Crippen molar-refractivity contribution in [3.63, 3.8) is 0 Å². The molecule has 0 unspecified atom stereocenters. The monoisotopic (exact) mass is 274 g/mol. The molecule has 2 aromatic rings. The van der Waals surface area contributed by atoms with Crippen LogP contribution < -0.4 is 4.74 Å². The first-order chi connectivity index (χ1) is 9.22. The molecule has 0 amide bonds. The van der Waals surface area contributed by atoms with Gasteiger partial charge in [-0.25, -0.2) is 4.79 Å². The summed E-state index contributed by atoms with van der Waals surface area (Å²) in [7, 11) is 1.50. The van der Waals surface area contributed by atoms with Crippen molar-refractivity contribution in [2.75, 3.05) is 7.11 Å². The molecule has 0 spiro atoms. The second-order valence-corrected chi connectivity index (χ2v) is 4.95. The van der Waals surface area contributed by atoms with E-state index in [-0.39, 0.29) is 5.56 Å². The lowest BCUT2D eigenvalue weighted by Crippen LogP contribution is -2.02. The van der Waals surface area contributed by atoms with Crippen molar-refractivity contribution in [1.29, 1.82) is 0 Å². The summed E-state index contributed by atoms with van der Waals surface area (Å²) in [6.45, 7) is 0. The van der Waals surface area contributed by atoms with E-state index in [0.717, 1.165) is 10.5 Å². The minimum atomic E-state index is -0.969. The number of methoxy groups -OCH3 is 1. The molecule has 4 heteroatoms. The summed E-state index contributed by atoms with van der Waals surface area (Å²) in [5, 5.41) is 9.12. The summed E-state index contributed by atoms with van der Waals surface area (Å²) in [6, 6.07) is 15.2. The number of ether oxygens (including phenoxy) is 1. The number of carbonyl (C=O) groups is 1. The van der Waals surface area contributed by atoms with Gasteiger partial charge in [-0.1, -0.05) is 30.3 Å². The number of rotatable bonds is 5. The molecule has 0 saturated heterocycles. The Bertz CT molecular complexity index is 567. The van der Waals surface area contributed by atoms with Crippen molar-refractivity contribution in [2.24, 2.45) is 0 Å². The maximum Gasteiger partial charge on any atom is 0.339 e. The molecule has 0 aromatic heterocycles. The number of hydrogen-bond acceptors (Lipinski definition) is 3. The molecule has 0 bridgehead atoms. The average Bonchev–Trinajstić information content (AvgIpc) is 2.45. The number of carboxylic acid groups (broad SMARTS) is 1. The van der Waals surface area contributed by atoms with Crippen LogP contribution in [0.1, 0.15) is 15.9 Å². The molecule has 2 rings (SSSR count). The van der Waals surface area contributed by atoms with E-state index in [1.165, 1.54) is 7.11 Å². The smallest absolute Gasteiger partial charge is 0.339 e. The third kappa shape index (κ3) is 3.29. The summed E-state index contributed by atoms with van der Waals surface area (Å²) in [6.07, 6.45) is 0. The Morgan fingerprint density at radius 1 is 1.16 bits per heavy atom. The van der Waals surface area contributed by atoms with E-state index in [1.54, 1.807) is 23.9 Å². The minimum absolute atomic E-state index is 0.202. The molecular weight excluding hydrogens is 260 g/mol. The molecule has 0 heterocycles. The van der Waals surface area contributed by atoms with E-state index in [2.05, 4.69) is 0 Å². The van der Waals surface area contributed by atoms with Gasteiger partial charge in [-0.3, -0.25) is 0 Å². The van der Waals surface area contributed by atoms with Gasteiger partial charge < -0.3 is 9.84 Å². The lowest BCUT2D eigenvalue weighted by Gasteiger charge is -2.11. The first-order valence-electron chi connectivity index (χ1n) is 5.79. The lowest BCUT2D eigenvalue weighted by molar-refractivity contribution is 0.0693. The van der Waals surface area contributed by atoms with Crippen LogP contribution in [0.4, 0.5) is 0 Å². The molecule has 2 aromatic carbocycles. The third-order valence-corrected chi connectivity index (χ3v) is 3.73. The highest BCUT2D eigenvalue weighted by atomic mass is 32.2. The van der Waals surface area contributed by atoms with Crippen molar-refractivity contribution < 1.29 is 14.6 Å². The second-order valence-electron chi connectivity index (χ2n) is 3.90. The topological polar surface area (TPSA) is 46.5 Å². The minimum Gasteiger partial charge on any atom is -0.496 e. The molecule has 0 atom stereocenters. The van der Waals surface area contributed by atoms with E-state index >= 15 is 0 Å². The number of thioether (sulfide) groups is 1. The van der Waals surface area contributed by atoms with E-state index in [4.69, 9.17) is 9.84 Å². The van der Waals surface area contributed by atoms with Crippen LogP contribution in [0.25, 0.3) is 0 Å². The molecule has 0 saturated carbocycles. The molecule has 0 fully saturated rings. The molecule has 98 valence electrons. The van der Waals surface area contributed by atoms with Gasteiger partial charge in [-0.15, -0.1) is 11.8 Å². The van der Waals surface area contributed by atoms with Gasteiger partial charge in [0.1, 0.15) is 11.3 Å². The predicted octanol–water partition coefficient (Wildman–Crippen LogP) is 3.69. The Hall–Kier alpha value is -1.94. The third-order valence-electron chi connectivity index (χ3n) is 2.67. The lowest BCUT2D eigenvalue weighted by atomic mass is 10.1. The number of para-hydroxylation sites is 1. The SMILES string of the molecule is COc1c(CSc2ccccc2)cccc1C(=O)O. The quantitative estimate of drug-likeness (QED) is 0.845. The van der Waals surface area contributed by atoms with Gasteiger partial charge in [0.25, 0.3) is 0 Å². The zero-order chi connectivity index (χ0) is 13.7. The Morgan fingerprint density at radius 3 is 2.53 bits per heavy atom. The molecule has 0 radical (unpaired) electrons. The molecule has 0 aliphatic rings. The fourth-order valence-corrected chi connectivity index (χ4v) is 2.68. The van der Waals surface area contributed by atoms with Gasteiger partial charge in [0.15, 0.2) is 0 Å². The summed E-state index contributed by atoms with van der Waals surface area (Å²) in [4.78, 5) is 12.3. The van der Waals surface area contributed by atoms with Gasteiger partial charge in [0.05, 0.1) is 7.11 Å². The average molecular weight is 274 g/mol. The van der Waals surface area contributed by atoms with Gasteiger partial charge >= 0.3 is 5.97 Å². The van der Waals surface area contributed by atoms with Crippen LogP contribution in [0, 0.1) is 0 Å². The van der Waals surface area contributed by atoms with E-state index in [0.29, 0.717) is 11.5 Å². The van der Waals surface area contributed by atoms with Crippen molar-refractivity contribution in [3.05, 3.63) is 59.7 Å². The fraction of sp³-hybridized carbons (Fsp3) is 0.133. The summed E-state index contributed by atoms with van der Waals surface area (Å²) in [5.41, 5.74) is 1.09. The number of benzene rings is 2. The fourth-order valence-electron chi connectivity index (χ4n) is 1.79. The maximum atomic E-state index is 11.1. The first-order valence-corrected chi connectivity index (χ1v) is 6.78. The molecular formula is C15H14O3S. The summed E-state index contributed by atoms with van der Waals surface area (Å²) >= 11 is 1.65. The van der Waals surface area contributed by atoms with Gasteiger partial charge in [-0.2, -0.15) is 0 Å². The zero-order valence-electron chi connectivity index (χ0n) is 10.5. The van der Waals surface area contributed by atoms with Gasteiger partial charge in [0, 0.05) is 16.2 Å². The van der Waals surface area contributed by atoms with Gasteiger partial charge in [0.2, 0.25) is 0 Å². The van der Waals surface area contributed by atoms with Crippen LogP contribution in [-0.2, 0) is 5.75 Å². The standard InChI is InChI=1S/C15H14O3S/c1-18-14-11(6-5-9-13(14)15(16)17)10-19-12-7-3-2-4-8-12/h2-9H,10H2,1H3,(H,16,17). The van der Waals surface area contributed by atoms with Crippen LogP contribution >= 0.6 is 11.8 Å². The van der Waals surface area contributed by atoms with E-state index < -0.39 is 5.97 Å². The molecule has 0 aliphatic heterocycles. The van der Waals surface area contributed by atoms with E-state index in [1.807, 2.05) is 36.4 Å². The highest BCUT2D eigenvalue weighted by Gasteiger charge is 2.14. The molecule has 19 heavy (non-hydrogen) atoms. The van der Waals surface area contributed by atoms with Crippen LogP contribution in [0.5, 0.6) is 5.75 Å². The summed E-state index contributed by atoms with van der Waals surface area (Å²) < 4.78 is 5.23. The normalized spacial score (nSPS) is 10.2. The van der Waals surface area contributed by atoms with Crippen molar-refractivity contribution in [3.8, 4) is 5.75 Å². The van der Waals surface area contributed by atoms with Crippen LogP contribution in [0.15, 0.2) is 53.4 Å². The number of aromatic carboxylic acids is 1. The predicted molar refractivity (Wildman–Crippen MR) is 76.0 cm³/mol. The maximum absolute atomic E-state index is 11.1. The Kier molecular flexibility index (Phi) is 4.47. The van der Waals surface area contributed by atoms with Crippen molar-refractivity contribution in [2.45, 2.75) is 10.6 Å². The first kappa shape index (κ1) is 13.5. The largest absolute Gasteiger partial charge is 0.496 e. The van der Waals surface area contributed by atoms with Crippen molar-refractivity contribution >= 4 is 17.7 Å². The Morgan fingerprint density at radius 2 is 1.89 bits per heavy atom. The van der Waals surface area contributed by atoms with Crippen LogP contribution in [-0.4, -0.2) is 18.2 Å². The highest BCUT2D eigenvalue weighted by Crippen LogP contribution is 2.30. The van der Waals surface area contributed by atoms with Crippen molar-refractivity contribution in [1.82, 2.24) is 0 Å². The second kappa shape index (κ2) is 6.29. The molecule has 1 N–H and O–H groups in total. The number of carboxylic acids is 1. The Labute approximate surface area is 116 Å². The highest BCUT2D eigenvalue weighted by molar-refractivity contribution is 7.98. The zero-order valence-corrected chi connectivity index (χ0v) is 11.3. The Balaban J connectivity index is 2.21. The molecule has 0 aliphatic carbocycles. The van der Waals surface area contributed by atoms with Crippen LogP contribution in [0.2, 0.25) is 0 Å². The molecule has 3 nitrogen and oxygen atoms in total. The van der Waals surface area contributed by atoms with E-state index in [9.17, 15) is 4.79 Å².